The lowest BCUT2D eigenvalue weighted by Gasteiger charge is -2.18. The number of carbonyl (C=O) groups is 2. The van der Waals surface area contributed by atoms with Crippen molar-refractivity contribution in [3.63, 3.8) is 0 Å². The van der Waals surface area contributed by atoms with Gasteiger partial charge in [-0.3, -0.25) is 4.79 Å². The number of carbonyl (C=O) groups excluding carboxylic acids is 2. The Hall–Kier alpha value is -2.56. The first-order valence-corrected chi connectivity index (χ1v) is 8.09. The average Bonchev–Trinajstić information content (AvgIpc) is 2.91. The van der Waals surface area contributed by atoms with E-state index in [0.29, 0.717) is 17.1 Å². The van der Waals surface area contributed by atoms with Gasteiger partial charge in [-0.2, -0.15) is 0 Å². The zero-order chi connectivity index (χ0) is 17.5. The second kappa shape index (κ2) is 8.34. The first kappa shape index (κ1) is 17.8. The minimum absolute atomic E-state index is 0.0830. The number of rotatable bonds is 7. The fraction of sp³-hybridized carbons (Fsp3) is 0.368. The molecule has 1 atom stereocenters. The molecular formula is C19H23NO4. The molecule has 0 saturated heterocycles. The minimum atomic E-state index is -0.550. The monoisotopic (exact) mass is 329 g/mol. The number of amides is 1. The third kappa shape index (κ3) is 4.72. The Morgan fingerprint density at radius 2 is 1.92 bits per heavy atom. The predicted octanol–water partition coefficient (Wildman–Crippen LogP) is 3.71. The van der Waals surface area contributed by atoms with E-state index in [0.717, 1.165) is 18.4 Å². The van der Waals surface area contributed by atoms with Gasteiger partial charge in [-0.05, 0) is 31.9 Å². The fourth-order valence-electron chi connectivity index (χ4n) is 2.57. The summed E-state index contributed by atoms with van der Waals surface area (Å²) in [5, 5.41) is 2.92. The number of hydrogen-bond donors (Lipinski definition) is 1. The zero-order valence-corrected chi connectivity index (χ0v) is 14.3. The van der Waals surface area contributed by atoms with E-state index in [1.54, 1.807) is 19.9 Å². The summed E-state index contributed by atoms with van der Waals surface area (Å²) in [6, 6.07) is 11.3. The highest BCUT2D eigenvalue weighted by atomic mass is 16.5. The van der Waals surface area contributed by atoms with Crippen molar-refractivity contribution in [3.05, 3.63) is 59.0 Å². The Morgan fingerprint density at radius 3 is 2.50 bits per heavy atom. The molecule has 0 spiro atoms. The molecule has 0 aliphatic carbocycles. The largest absolute Gasteiger partial charge is 0.466 e. The Labute approximate surface area is 142 Å². The molecule has 0 bridgehead atoms. The molecule has 5 heteroatoms. The van der Waals surface area contributed by atoms with Crippen molar-refractivity contribution >= 4 is 11.9 Å². The van der Waals surface area contributed by atoms with Crippen molar-refractivity contribution in [1.29, 1.82) is 0 Å². The molecule has 1 aromatic carbocycles. The van der Waals surface area contributed by atoms with E-state index >= 15 is 0 Å². The van der Waals surface area contributed by atoms with Gasteiger partial charge < -0.3 is 14.5 Å². The van der Waals surface area contributed by atoms with E-state index in [1.807, 2.05) is 30.3 Å². The van der Waals surface area contributed by atoms with E-state index < -0.39 is 5.97 Å². The number of aryl methyl sites for hydroxylation is 2. The van der Waals surface area contributed by atoms with Gasteiger partial charge >= 0.3 is 5.97 Å². The van der Waals surface area contributed by atoms with E-state index in [-0.39, 0.29) is 18.6 Å². The van der Waals surface area contributed by atoms with E-state index in [1.165, 1.54) is 0 Å². The lowest BCUT2D eigenvalue weighted by atomic mass is 10.0. The lowest BCUT2D eigenvalue weighted by Crippen LogP contribution is -2.32. The van der Waals surface area contributed by atoms with Gasteiger partial charge in [0, 0.05) is 0 Å². The molecule has 1 heterocycles. The molecular weight excluding hydrogens is 306 g/mol. The normalized spacial score (nSPS) is 11.8. The predicted molar refractivity (Wildman–Crippen MR) is 90.7 cm³/mol. The van der Waals surface area contributed by atoms with Gasteiger partial charge in [0.15, 0.2) is 6.61 Å². The topological polar surface area (TPSA) is 68.5 Å². The van der Waals surface area contributed by atoms with Gasteiger partial charge in [0.2, 0.25) is 0 Å². The number of benzene rings is 1. The van der Waals surface area contributed by atoms with Crippen LogP contribution < -0.4 is 5.32 Å². The van der Waals surface area contributed by atoms with Gasteiger partial charge in [0.05, 0.1) is 6.04 Å². The Kier molecular flexibility index (Phi) is 6.18. The van der Waals surface area contributed by atoms with Gasteiger partial charge in [0.1, 0.15) is 17.1 Å². The van der Waals surface area contributed by atoms with Gasteiger partial charge in [-0.15, -0.1) is 0 Å². The maximum absolute atomic E-state index is 12.1. The summed E-state index contributed by atoms with van der Waals surface area (Å²) < 4.78 is 10.4. The quantitative estimate of drug-likeness (QED) is 0.786. The van der Waals surface area contributed by atoms with Crippen molar-refractivity contribution in [2.45, 2.75) is 39.7 Å². The third-order valence-corrected chi connectivity index (χ3v) is 3.71. The lowest BCUT2D eigenvalue weighted by molar-refractivity contribution is -0.125. The molecule has 2 aromatic rings. The molecule has 1 aromatic heterocycles. The molecule has 0 fully saturated rings. The maximum atomic E-state index is 12.1. The SMILES string of the molecule is CCC[C@H](NC(=O)COC(=O)c1cc(C)oc1C)c1ccccc1. The van der Waals surface area contributed by atoms with Crippen molar-refractivity contribution in [2.75, 3.05) is 6.61 Å². The Bertz CT molecular complexity index is 691. The Balaban J connectivity index is 1.91. The van der Waals surface area contributed by atoms with Crippen LogP contribution in [0.3, 0.4) is 0 Å². The highest BCUT2D eigenvalue weighted by Gasteiger charge is 2.18. The van der Waals surface area contributed by atoms with Crippen molar-refractivity contribution < 1.29 is 18.7 Å². The van der Waals surface area contributed by atoms with Crippen molar-refractivity contribution in [2.24, 2.45) is 0 Å². The van der Waals surface area contributed by atoms with E-state index in [2.05, 4.69) is 12.2 Å². The standard InChI is InChI=1S/C19H23NO4/c1-4-8-17(15-9-6-5-7-10-15)20-18(21)12-23-19(22)16-11-13(2)24-14(16)3/h5-7,9-11,17H,4,8,12H2,1-3H3,(H,20,21)/t17-/m0/s1. The van der Waals surface area contributed by atoms with Crippen molar-refractivity contribution in [1.82, 2.24) is 5.32 Å². The molecule has 0 radical (unpaired) electrons. The third-order valence-electron chi connectivity index (χ3n) is 3.71. The molecule has 0 unspecified atom stereocenters. The molecule has 128 valence electrons. The second-order valence-corrected chi connectivity index (χ2v) is 5.72. The molecule has 0 aliphatic rings. The second-order valence-electron chi connectivity index (χ2n) is 5.72. The molecule has 1 N–H and O–H groups in total. The van der Waals surface area contributed by atoms with E-state index in [4.69, 9.17) is 9.15 Å². The Morgan fingerprint density at radius 1 is 1.21 bits per heavy atom. The van der Waals surface area contributed by atoms with Crippen LogP contribution in [0.2, 0.25) is 0 Å². The van der Waals surface area contributed by atoms with Crippen LogP contribution >= 0.6 is 0 Å². The molecule has 2 rings (SSSR count). The first-order chi connectivity index (χ1) is 11.5. The number of hydrogen-bond acceptors (Lipinski definition) is 4. The summed E-state index contributed by atoms with van der Waals surface area (Å²) in [7, 11) is 0. The smallest absolute Gasteiger partial charge is 0.342 e. The van der Waals surface area contributed by atoms with Crippen LogP contribution in [0.25, 0.3) is 0 Å². The van der Waals surface area contributed by atoms with Crippen LogP contribution in [0.4, 0.5) is 0 Å². The zero-order valence-electron chi connectivity index (χ0n) is 14.3. The molecule has 5 nitrogen and oxygen atoms in total. The summed E-state index contributed by atoms with van der Waals surface area (Å²) in [6.45, 7) is 5.20. The maximum Gasteiger partial charge on any atom is 0.342 e. The molecule has 0 saturated carbocycles. The van der Waals surface area contributed by atoms with Crippen molar-refractivity contribution in [3.8, 4) is 0 Å². The van der Waals surface area contributed by atoms with Crippen LogP contribution in [0.1, 0.15) is 53.2 Å². The van der Waals surface area contributed by atoms with Crippen LogP contribution in [0, 0.1) is 13.8 Å². The summed E-state index contributed by atoms with van der Waals surface area (Å²) in [6.07, 6.45) is 1.76. The summed E-state index contributed by atoms with van der Waals surface area (Å²) >= 11 is 0. The molecule has 24 heavy (non-hydrogen) atoms. The van der Waals surface area contributed by atoms with Gasteiger partial charge in [-0.1, -0.05) is 43.7 Å². The van der Waals surface area contributed by atoms with Crippen LogP contribution in [0.15, 0.2) is 40.8 Å². The highest BCUT2D eigenvalue weighted by molar-refractivity contribution is 5.92. The molecule has 1 amide bonds. The summed E-state index contributed by atoms with van der Waals surface area (Å²) in [5.41, 5.74) is 1.40. The number of ether oxygens (including phenoxy) is 1. The first-order valence-electron chi connectivity index (χ1n) is 8.09. The van der Waals surface area contributed by atoms with Gasteiger partial charge in [0.25, 0.3) is 5.91 Å². The average molecular weight is 329 g/mol. The number of furan rings is 1. The van der Waals surface area contributed by atoms with E-state index in [9.17, 15) is 9.59 Å². The molecule has 0 aliphatic heterocycles. The fourth-order valence-corrected chi connectivity index (χ4v) is 2.57. The van der Waals surface area contributed by atoms with Gasteiger partial charge in [-0.25, -0.2) is 4.79 Å². The highest BCUT2D eigenvalue weighted by Crippen LogP contribution is 2.18. The summed E-state index contributed by atoms with van der Waals surface area (Å²) in [4.78, 5) is 24.1. The number of nitrogens with one attached hydrogen (secondary N) is 1. The van der Waals surface area contributed by atoms with Crippen LogP contribution in [-0.2, 0) is 9.53 Å². The van der Waals surface area contributed by atoms with Crippen LogP contribution in [-0.4, -0.2) is 18.5 Å². The van der Waals surface area contributed by atoms with Crippen LogP contribution in [0.5, 0.6) is 0 Å². The number of esters is 1. The summed E-state index contributed by atoms with van der Waals surface area (Å²) in [5.74, 6) is 0.261. The minimum Gasteiger partial charge on any atom is -0.466 e.